The zero-order chi connectivity index (χ0) is 31.3. The quantitative estimate of drug-likeness (QED) is 0.331. The molecule has 1 saturated heterocycles. The molecule has 1 fully saturated rings. The number of rotatable bonds is 8. The molecular formula is C35H36F2N2O4S. The lowest BCUT2D eigenvalue weighted by atomic mass is 9.95. The minimum absolute atomic E-state index is 0.0403. The first-order valence-electron chi connectivity index (χ1n) is 14.6. The van der Waals surface area contributed by atoms with Crippen molar-refractivity contribution in [2.45, 2.75) is 32.5 Å². The summed E-state index contributed by atoms with van der Waals surface area (Å²) in [6, 6.07) is 14.9. The largest absolute Gasteiger partial charge is 0.369 e. The number of sulfone groups is 1. The molecule has 44 heavy (non-hydrogen) atoms. The van der Waals surface area contributed by atoms with Gasteiger partial charge in [0.1, 0.15) is 11.6 Å². The van der Waals surface area contributed by atoms with Gasteiger partial charge < -0.3 is 14.5 Å². The monoisotopic (exact) mass is 618 g/mol. The van der Waals surface area contributed by atoms with Gasteiger partial charge in [0.25, 0.3) is 5.91 Å². The van der Waals surface area contributed by atoms with E-state index in [1.54, 1.807) is 35.3 Å². The van der Waals surface area contributed by atoms with E-state index in [9.17, 15) is 17.6 Å². The van der Waals surface area contributed by atoms with Gasteiger partial charge in [0.15, 0.2) is 9.84 Å². The van der Waals surface area contributed by atoms with E-state index in [0.29, 0.717) is 56.0 Å². The number of carbonyl (C=O) groups excluding carboxylic acids is 1. The molecule has 1 atom stereocenters. The van der Waals surface area contributed by atoms with Gasteiger partial charge >= 0.3 is 0 Å². The van der Waals surface area contributed by atoms with Crippen LogP contribution in [0.2, 0.25) is 0 Å². The molecule has 2 aromatic carbocycles. The first-order valence-corrected chi connectivity index (χ1v) is 16.5. The molecule has 230 valence electrons. The maximum atomic E-state index is 15.3. The van der Waals surface area contributed by atoms with Crippen LogP contribution in [0.5, 0.6) is 0 Å². The van der Waals surface area contributed by atoms with Gasteiger partial charge in [-0.1, -0.05) is 60.7 Å². The van der Waals surface area contributed by atoms with Crippen molar-refractivity contribution in [3.63, 3.8) is 0 Å². The maximum absolute atomic E-state index is 15.3. The van der Waals surface area contributed by atoms with Crippen molar-refractivity contribution in [3.8, 4) is 0 Å². The molecule has 0 aromatic heterocycles. The number of amides is 1. The highest BCUT2D eigenvalue weighted by Gasteiger charge is 2.28. The third-order valence-electron chi connectivity index (χ3n) is 7.97. The van der Waals surface area contributed by atoms with E-state index in [1.165, 1.54) is 24.3 Å². The van der Waals surface area contributed by atoms with E-state index in [4.69, 9.17) is 4.74 Å². The second kappa shape index (κ2) is 13.7. The van der Waals surface area contributed by atoms with Crippen LogP contribution in [0.15, 0.2) is 119 Å². The molecule has 0 bridgehead atoms. The van der Waals surface area contributed by atoms with E-state index >= 15 is 4.39 Å². The molecule has 1 aliphatic heterocycles. The van der Waals surface area contributed by atoms with Crippen LogP contribution < -0.4 is 4.90 Å². The van der Waals surface area contributed by atoms with Gasteiger partial charge in [-0.05, 0) is 66.0 Å². The smallest absolute Gasteiger partial charge is 0.254 e. The molecule has 2 aromatic rings. The minimum atomic E-state index is -3.59. The van der Waals surface area contributed by atoms with Crippen LogP contribution in [0.4, 0.5) is 14.5 Å². The summed E-state index contributed by atoms with van der Waals surface area (Å²) in [7, 11) is -3.59. The molecule has 6 nitrogen and oxygen atoms in total. The number of halogens is 2. The number of ether oxygens (including phenoxy) is 1. The standard InChI is InChI=1S/C35H36F2N2O4S/c1-25(43-24-26-8-4-3-5-9-26)28-15-17-34(33(37)22-28)38-18-20-39(21-19-38)35(40)32-23-30(44(2,41)42)12-7-13-31(32)27-10-6-11-29(36)16-14-27/h3-10,12,14-17,22-23,25H,11,13,18-21,24H2,1-2H3. The van der Waals surface area contributed by atoms with Crippen molar-refractivity contribution in [3.05, 3.63) is 135 Å². The summed E-state index contributed by atoms with van der Waals surface area (Å²) in [5, 5.41) is 0. The van der Waals surface area contributed by atoms with E-state index in [2.05, 4.69) is 0 Å². The fourth-order valence-corrected chi connectivity index (χ4v) is 6.10. The summed E-state index contributed by atoms with van der Waals surface area (Å²) in [4.78, 5) is 17.5. The van der Waals surface area contributed by atoms with E-state index < -0.39 is 9.84 Å². The van der Waals surface area contributed by atoms with Crippen molar-refractivity contribution in [2.75, 3.05) is 37.3 Å². The Morgan fingerprint density at radius 3 is 2.39 bits per heavy atom. The van der Waals surface area contributed by atoms with E-state index in [1.807, 2.05) is 48.2 Å². The lowest BCUT2D eigenvalue weighted by Gasteiger charge is -2.37. The predicted octanol–water partition coefficient (Wildman–Crippen LogP) is 6.68. The lowest BCUT2D eigenvalue weighted by molar-refractivity contribution is -0.127. The van der Waals surface area contributed by atoms with Crippen LogP contribution in [-0.2, 0) is 26.0 Å². The summed E-state index contributed by atoms with van der Waals surface area (Å²) < 4.78 is 60.1. The second-order valence-electron chi connectivity index (χ2n) is 11.1. The van der Waals surface area contributed by atoms with Crippen molar-refractivity contribution < 1.29 is 26.7 Å². The number of benzene rings is 2. The number of hydrogen-bond donors (Lipinski definition) is 0. The Morgan fingerprint density at radius 2 is 1.68 bits per heavy atom. The molecule has 0 radical (unpaired) electrons. The van der Waals surface area contributed by atoms with Gasteiger partial charge in [0, 0.05) is 44.4 Å². The van der Waals surface area contributed by atoms with Crippen molar-refractivity contribution >= 4 is 21.4 Å². The molecule has 3 aliphatic rings. The Labute approximate surface area is 257 Å². The Kier molecular flexibility index (Phi) is 9.76. The summed E-state index contributed by atoms with van der Waals surface area (Å²) in [5.41, 5.74) is 3.77. The number of anilines is 1. The summed E-state index contributed by atoms with van der Waals surface area (Å²) >= 11 is 0. The zero-order valence-corrected chi connectivity index (χ0v) is 25.7. The molecule has 2 aliphatic carbocycles. The van der Waals surface area contributed by atoms with Gasteiger partial charge in [-0.25, -0.2) is 17.2 Å². The van der Waals surface area contributed by atoms with Crippen molar-refractivity contribution in [1.29, 1.82) is 0 Å². The zero-order valence-electron chi connectivity index (χ0n) is 24.9. The van der Waals surface area contributed by atoms with E-state index in [-0.39, 0.29) is 40.6 Å². The third-order valence-corrected chi connectivity index (χ3v) is 9.08. The van der Waals surface area contributed by atoms with E-state index in [0.717, 1.165) is 17.4 Å². The lowest BCUT2D eigenvalue weighted by Crippen LogP contribution is -2.49. The highest BCUT2D eigenvalue weighted by molar-refractivity contribution is 7.94. The molecular weight excluding hydrogens is 582 g/mol. The first kappa shape index (κ1) is 31.3. The Balaban J connectivity index is 1.31. The number of piperazine rings is 1. The Morgan fingerprint density at radius 1 is 0.955 bits per heavy atom. The van der Waals surface area contributed by atoms with Crippen molar-refractivity contribution in [2.24, 2.45) is 0 Å². The van der Waals surface area contributed by atoms with Crippen LogP contribution in [0.25, 0.3) is 0 Å². The fourth-order valence-electron chi connectivity index (χ4n) is 5.42. The highest BCUT2D eigenvalue weighted by atomic mass is 32.2. The molecule has 1 heterocycles. The molecule has 0 saturated carbocycles. The molecule has 9 heteroatoms. The minimum Gasteiger partial charge on any atom is -0.369 e. The van der Waals surface area contributed by atoms with Crippen LogP contribution >= 0.6 is 0 Å². The van der Waals surface area contributed by atoms with Gasteiger partial charge in [-0.2, -0.15) is 0 Å². The van der Waals surface area contributed by atoms with Gasteiger partial charge in [-0.15, -0.1) is 0 Å². The molecule has 0 spiro atoms. The Bertz CT molecular complexity index is 1700. The third kappa shape index (κ3) is 7.52. The van der Waals surface area contributed by atoms with Crippen LogP contribution in [-0.4, -0.2) is 51.7 Å². The first-order chi connectivity index (χ1) is 21.1. The summed E-state index contributed by atoms with van der Waals surface area (Å²) in [6.45, 7) is 3.78. The molecule has 1 unspecified atom stereocenters. The topological polar surface area (TPSA) is 66.9 Å². The average Bonchev–Trinajstić information content (AvgIpc) is 3.38. The summed E-state index contributed by atoms with van der Waals surface area (Å²) in [6.07, 6.45) is 12.3. The van der Waals surface area contributed by atoms with Crippen LogP contribution in [0.1, 0.15) is 37.0 Å². The normalized spacial score (nSPS) is 18.3. The van der Waals surface area contributed by atoms with Gasteiger partial charge in [0.2, 0.25) is 0 Å². The van der Waals surface area contributed by atoms with Crippen LogP contribution in [0, 0.1) is 5.82 Å². The maximum Gasteiger partial charge on any atom is 0.254 e. The predicted molar refractivity (Wildman–Crippen MR) is 170 cm³/mol. The molecule has 5 rings (SSSR count). The fraction of sp³-hybridized carbons (Fsp3) is 0.286. The second-order valence-corrected chi connectivity index (χ2v) is 13.1. The average molecular weight is 619 g/mol. The summed E-state index contributed by atoms with van der Waals surface area (Å²) in [5.74, 6) is -0.968. The number of carbonyl (C=O) groups is 1. The van der Waals surface area contributed by atoms with Crippen LogP contribution in [0.3, 0.4) is 0 Å². The SMILES string of the molecule is CC(OCc1ccccc1)c1ccc(N2CCN(C(=O)C3=C(C4=CC=C(F)CC=C4)CC=CC(S(C)(=O)=O)=C3)CC2)c(F)c1. The molecule has 0 N–H and O–H groups in total. The Hall–Kier alpha value is -4.08. The number of hydrogen-bond acceptors (Lipinski definition) is 5. The van der Waals surface area contributed by atoms with Crippen molar-refractivity contribution in [1.82, 2.24) is 4.90 Å². The molecule has 1 amide bonds. The van der Waals surface area contributed by atoms with Gasteiger partial charge in [0.05, 0.1) is 23.3 Å². The number of nitrogens with zero attached hydrogens (tertiary/aromatic N) is 2. The number of allylic oxidation sites excluding steroid dienone is 9. The van der Waals surface area contributed by atoms with Gasteiger partial charge in [-0.3, -0.25) is 4.79 Å². The highest BCUT2D eigenvalue weighted by Crippen LogP contribution is 2.31.